The van der Waals surface area contributed by atoms with E-state index in [-0.39, 0.29) is 11.8 Å². The SMILES string of the molecule is CCOC(=O)c1c(-c2ccc(F)cc2)[nH]c(C)c1-c1ccccc1. The van der Waals surface area contributed by atoms with Gasteiger partial charge in [0, 0.05) is 11.3 Å². The zero-order valence-corrected chi connectivity index (χ0v) is 13.6. The third-order valence-electron chi connectivity index (χ3n) is 3.86. The molecule has 24 heavy (non-hydrogen) atoms. The van der Waals surface area contributed by atoms with E-state index in [0.29, 0.717) is 17.9 Å². The fourth-order valence-electron chi connectivity index (χ4n) is 2.83. The first kappa shape index (κ1) is 16.0. The first-order chi connectivity index (χ1) is 11.6. The summed E-state index contributed by atoms with van der Waals surface area (Å²) >= 11 is 0. The van der Waals surface area contributed by atoms with Crippen LogP contribution in [0.25, 0.3) is 22.4 Å². The molecule has 1 heterocycles. The number of rotatable bonds is 4. The van der Waals surface area contributed by atoms with Gasteiger partial charge in [-0.2, -0.15) is 0 Å². The lowest BCUT2D eigenvalue weighted by molar-refractivity contribution is 0.0528. The van der Waals surface area contributed by atoms with E-state index in [4.69, 9.17) is 4.74 Å². The molecular weight excluding hydrogens is 305 g/mol. The number of halogens is 1. The Labute approximate surface area is 140 Å². The molecule has 122 valence electrons. The minimum Gasteiger partial charge on any atom is -0.462 e. The summed E-state index contributed by atoms with van der Waals surface area (Å²) in [4.78, 5) is 15.9. The summed E-state index contributed by atoms with van der Waals surface area (Å²) in [5.41, 5.74) is 4.47. The number of aryl methyl sites for hydroxylation is 1. The predicted molar refractivity (Wildman–Crippen MR) is 92.3 cm³/mol. The van der Waals surface area contributed by atoms with Crippen molar-refractivity contribution < 1.29 is 13.9 Å². The van der Waals surface area contributed by atoms with Gasteiger partial charge in [0.15, 0.2) is 0 Å². The number of hydrogen-bond donors (Lipinski definition) is 1. The molecule has 0 fully saturated rings. The van der Waals surface area contributed by atoms with E-state index >= 15 is 0 Å². The largest absolute Gasteiger partial charge is 0.462 e. The van der Waals surface area contributed by atoms with E-state index < -0.39 is 0 Å². The van der Waals surface area contributed by atoms with E-state index in [0.717, 1.165) is 22.4 Å². The molecule has 3 rings (SSSR count). The van der Waals surface area contributed by atoms with Gasteiger partial charge < -0.3 is 9.72 Å². The highest BCUT2D eigenvalue weighted by molar-refractivity contribution is 6.04. The average molecular weight is 323 g/mol. The van der Waals surface area contributed by atoms with Crippen LogP contribution in [0.3, 0.4) is 0 Å². The Bertz CT molecular complexity index is 851. The van der Waals surface area contributed by atoms with Crippen molar-refractivity contribution in [3.05, 3.63) is 71.7 Å². The van der Waals surface area contributed by atoms with Crippen LogP contribution in [0.2, 0.25) is 0 Å². The second kappa shape index (κ2) is 6.71. The van der Waals surface area contributed by atoms with Gasteiger partial charge in [-0.15, -0.1) is 0 Å². The first-order valence-corrected chi connectivity index (χ1v) is 7.83. The predicted octanol–water partition coefficient (Wildman–Crippen LogP) is 4.97. The molecule has 0 aliphatic rings. The molecule has 0 unspecified atom stereocenters. The molecule has 2 aromatic carbocycles. The molecule has 0 amide bonds. The Morgan fingerprint density at radius 1 is 1.04 bits per heavy atom. The third kappa shape index (κ3) is 2.95. The van der Waals surface area contributed by atoms with Crippen molar-refractivity contribution in [3.8, 4) is 22.4 Å². The number of aromatic amines is 1. The maximum Gasteiger partial charge on any atom is 0.340 e. The fraction of sp³-hybridized carbons (Fsp3) is 0.150. The lowest BCUT2D eigenvalue weighted by Gasteiger charge is -2.08. The molecule has 0 saturated carbocycles. The first-order valence-electron chi connectivity index (χ1n) is 7.83. The summed E-state index contributed by atoms with van der Waals surface area (Å²) in [6.07, 6.45) is 0. The van der Waals surface area contributed by atoms with Gasteiger partial charge >= 0.3 is 5.97 Å². The summed E-state index contributed by atoms with van der Waals surface area (Å²) in [6.45, 7) is 3.98. The smallest absolute Gasteiger partial charge is 0.340 e. The van der Waals surface area contributed by atoms with Crippen LogP contribution in [-0.4, -0.2) is 17.6 Å². The van der Waals surface area contributed by atoms with Gasteiger partial charge in [0.25, 0.3) is 0 Å². The van der Waals surface area contributed by atoms with Gasteiger partial charge in [-0.05, 0) is 49.2 Å². The molecule has 0 atom stereocenters. The average Bonchev–Trinajstić information content (AvgIpc) is 2.94. The highest BCUT2D eigenvalue weighted by Gasteiger charge is 2.24. The Morgan fingerprint density at radius 3 is 2.33 bits per heavy atom. The van der Waals surface area contributed by atoms with Gasteiger partial charge in [-0.25, -0.2) is 9.18 Å². The van der Waals surface area contributed by atoms with E-state index in [2.05, 4.69) is 4.98 Å². The van der Waals surface area contributed by atoms with Crippen molar-refractivity contribution >= 4 is 5.97 Å². The number of ether oxygens (including phenoxy) is 1. The van der Waals surface area contributed by atoms with Crippen molar-refractivity contribution in [1.29, 1.82) is 0 Å². The molecule has 1 aromatic heterocycles. The Balaban J connectivity index is 2.23. The third-order valence-corrected chi connectivity index (χ3v) is 3.86. The summed E-state index contributed by atoms with van der Waals surface area (Å²) in [5.74, 6) is -0.706. The summed E-state index contributed by atoms with van der Waals surface area (Å²) < 4.78 is 18.5. The number of H-pyrrole nitrogens is 1. The van der Waals surface area contributed by atoms with Crippen LogP contribution in [0.4, 0.5) is 4.39 Å². The molecule has 0 bridgehead atoms. The lowest BCUT2D eigenvalue weighted by atomic mass is 9.98. The maximum absolute atomic E-state index is 13.2. The van der Waals surface area contributed by atoms with Gasteiger partial charge in [-0.1, -0.05) is 30.3 Å². The topological polar surface area (TPSA) is 42.1 Å². The zero-order chi connectivity index (χ0) is 17.1. The van der Waals surface area contributed by atoms with Crippen LogP contribution in [-0.2, 0) is 4.74 Å². The van der Waals surface area contributed by atoms with E-state index in [9.17, 15) is 9.18 Å². The number of carbonyl (C=O) groups is 1. The minimum absolute atomic E-state index is 0.292. The van der Waals surface area contributed by atoms with E-state index in [1.165, 1.54) is 12.1 Å². The molecule has 0 radical (unpaired) electrons. The fourth-order valence-corrected chi connectivity index (χ4v) is 2.83. The molecule has 1 N–H and O–H groups in total. The van der Waals surface area contributed by atoms with Crippen LogP contribution in [0.15, 0.2) is 54.6 Å². The van der Waals surface area contributed by atoms with Crippen molar-refractivity contribution in [2.24, 2.45) is 0 Å². The Kier molecular flexibility index (Phi) is 4.47. The standard InChI is InChI=1S/C20H18FNO2/c1-3-24-20(23)18-17(14-7-5-4-6-8-14)13(2)22-19(18)15-9-11-16(21)12-10-15/h4-12,22H,3H2,1-2H3. The van der Waals surface area contributed by atoms with Crippen LogP contribution < -0.4 is 0 Å². The summed E-state index contributed by atoms with van der Waals surface area (Å²) in [6, 6.07) is 15.7. The second-order valence-electron chi connectivity index (χ2n) is 5.47. The monoisotopic (exact) mass is 323 g/mol. The number of hydrogen-bond acceptors (Lipinski definition) is 2. The van der Waals surface area contributed by atoms with Crippen LogP contribution in [0.5, 0.6) is 0 Å². The molecule has 3 aromatic rings. The number of esters is 1. The second-order valence-corrected chi connectivity index (χ2v) is 5.47. The zero-order valence-electron chi connectivity index (χ0n) is 13.6. The van der Waals surface area contributed by atoms with Crippen molar-refractivity contribution in [2.45, 2.75) is 13.8 Å². The van der Waals surface area contributed by atoms with Crippen LogP contribution >= 0.6 is 0 Å². The number of aromatic nitrogens is 1. The Hall–Kier alpha value is -2.88. The van der Waals surface area contributed by atoms with Gasteiger partial charge in [-0.3, -0.25) is 0 Å². The summed E-state index contributed by atoms with van der Waals surface area (Å²) in [7, 11) is 0. The van der Waals surface area contributed by atoms with E-state index in [1.807, 2.05) is 37.3 Å². The molecule has 0 aliphatic carbocycles. The van der Waals surface area contributed by atoms with Gasteiger partial charge in [0.05, 0.1) is 17.9 Å². The molecule has 3 nitrogen and oxygen atoms in total. The molecule has 0 spiro atoms. The molecular formula is C20H18FNO2. The number of nitrogens with one attached hydrogen (secondary N) is 1. The maximum atomic E-state index is 13.2. The highest BCUT2D eigenvalue weighted by Crippen LogP contribution is 2.35. The lowest BCUT2D eigenvalue weighted by Crippen LogP contribution is -2.06. The molecule has 0 aliphatic heterocycles. The molecule has 0 saturated heterocycles. The highest BCUT2D eigenvalue weighted by atomic mass is 19.1. The summed E-state index contributed by atoms with van der Waals surface area (Å²) in [5, 5.41) is 0. The van der Waals surface area contributed by atoms with Crippen molar-refractivity contribution in [3.63, 3.8) is 0 Å². The number of benzene rings is 2. The van der Waals surface area contributed by atoms with Crippen molar-refractivity contribution in [1.82, 2.24) is 4.98 Å². The van der Waals surface area contributed by atoms with Gasteiger partial charge in [0.2, 0.25) is 0 Å². The quantitative estimate of drug-likeness (QED) is 0.689. The van der Waals surface area contributed by atoms with Crippen LogP contribution in [0, 0.1) is 12.7 Å². The van der Waals surface area contributed by atoms with E-state index in [1.54, 1.807) is 19.1 Å². The number of carbonyl (C=O) groups excluding carboxylic acids is 1. The van der Waals surface area contributed by atoms with Crippen molar-refractivity contribution in [2.75, 3.05) is 6.61 Å². The minimum atomic E-state index is -0.389. The Morgan fingerprint density at radius 2 is 1.71 bits per heavy atom. The van der Waals surface area contributed by atoms with Crippen LogP contribution in [0.1, 0.15) is 23.0 Å². The van der Waals surface area contributed by atoms with Gasteiger partial charge in [0.1, 0.15) is 5.82 Å². The molecule has 4 heteroatoms. The normalized spacial score (nSPS) is 10.6.